The van der Waals surface area contributed by atoms with Crippen LogP contribution < -0.4 is 5.32 Å². The molecule has 1 atom stereocenters. The Morgan fingerprint density at radius 1 is 1.20 bits per heavy atom. The van der Waals surface area contributed by atoms with Crippen LogP contribution in [-0.2, 0) is 9.59 Å². The molecule has 0 aromatic rings. The summed E-state index contributed by atoms with van der Waals surface area (Å²) in [5, 5.41) is 2.83. The number of unbranched alkanes of at least 4 members (excludes halogenated alkanes) is 3. The Balaban J connectivity index is 3.51. The topological polar surface area (TPSA) is 46.2 Å². The predicted octanol–water partition coefficient (Wildman–Crippen LogP) is 2.44. The molecule has 1 unspecified atom stereocenters. The van der Waals surface area contributed by atoms with Crippen molar-refractivity contribution in [2.24, 2.45) is 0 Å². The Morgan fingerprint density at radius 2 is 1.87 bits per heavy atom. The van der Waals surface area contributed by atoms with Gasteiger partial charge in [0.1, 0.15) is 5.78 Å². The molecule has 88 valence electrons. The molecular formula is C12H23NO2. The van der Waals surface area contributed by atoms with Crippen molar-refractivity contribution >= 4 is 11.7 Å². The molecule has 1 amide bonds. The van der Waals surface area contributed by atoms with E-state index >= 15 is 0 Å². The van der Waals surface area contributed by atoms with E-state index in [2.05, 4.69) is 12.2 Å². The summed E-state index contributed by atoms with van der Waals surface area (Å²) in [5.74, 6) is -0.226. The summed E-state index contributed by atoms with van der Waals surface area (Å²) in [6, 6.07) is 0.189. The Hall–Kier alpha value is -0.860. The molecule has 0 saturated carbocycles. The van der Waals surface area contributed by atoms with Gasteiger partial charge in [0.25, 0.3) is 0 Å². The first-order valence-corrected chi connectivity index (χ1v) is 5.85. The van der Waals surface area contributed by atoms with E-state index < -0.39 is 0 Å². The molecule has 0 aliphatic rings. The minimum atomic E-state index is -0.148. The first-order valence-electron chi connectivity index (χ1n) is 5.85. The monoisotopic (exact) mass is 213 g/mol. The van der Waals surface area contributed by atoms with Gasteiger partial charge in [-0.2, -0.15) is 0 Å². The van der Waals surface area contributed by atoms with Gasteiger partial charge in [-0.15, -0.1) is 0 Å². The lowest BCUT2D eigenvalue weighted by molar-refractivity contribution is -0.127. The summed E-state index contributed by atoms with van der Waals surface area (Å²) in [7, 11) is 0. The van der Waals surface area contributed by atoms with Gasteiger partial charge in [-0.3, -0.25) is 9.59 Å². The maximum absolute atomic E-state index is 11.2. The van der Waals surface area contributed by atoms with Crippen LogP contribution in [0.3, 0.4) is 0 Å². The lowest BCUT2D eigenvalue weighted by Gasteiger charge is -2.12. The van der Waals surface area contributed by atoms with Crippen molar-refractivity contribution in [1.29, 1.82) is 0 Å². The summed E-state index contributed by atoms with van der Waals surface area (Å²) in [6.07, 6.45) is 5.88. The van der Waals surface area contributed by atoms with Crippen LogP contribution in [0, 0.1) is 0 Å². The summed E-state index contributed by atoms with van der Waals surface area (Å²) in [6.45, 7) is 5.60. The van der Waals surface area contributed by atoms with Crippen LogP contribution in [0.5, 0.6) is 0 Å². The third-order valence-electron chi connectivity index (χ3n) is 2.31. The molecule has 0 aliphatic heterocycles. The van der Waals surface area contributed by atoms with Crippen molar-refractivity contribution in [2.45, 2.75) is 65.3 Å². The third-order valence-corrected chi connectivity index (χ3v) is 2.31. The van der Waals surface area contributed by atoms with E-state index in [1.54, 1.807) is 0 Å². The first-order chi connectivity index (χ1) is 7.06. The number of hydrogen-bond donors (Lipinski definition) is 1. The minimum Gasteiger partial charge on any atom is -0.353 e. The minimum absolute atomic E-state index is 0.0132. The molecule has 0 saturated heterocycles. The average Bonchev–Trinajstić information content (AvgIpc) is 2.10. The normalized spacial score (nSPS) is 12.2. The van der Waals surface area contributed by atoms with Crippen LogP contribution in [0.1, 0.15) is 59.3 Å². The molecule has 0 spiro atoms. The van der Waals surface area contributed by atoms with Crippen LogP contribution in [0.4, 0.5) is 0 Å². The van der Waals surface area contributed by atoms with Crippen LogP contribution in [0.25, 0.3) is 0 Å². The highest BCUT2D eigenvalue weighted by Crippen LogP contribution is 2.05. The zero-order valence-corrected chi connectivity index (χ0v) is 10.1. The Kier molecular flexibility index (Phi) is 7.96. The zero-order chi connectivity index (χ0) is 11.7. The number of amides is 1. The third kappa shape index (κ3) is 9.44. The molecule has 3 nitrogen and oxygen atoms in total. The van der Waals surface area contributed by atoms with E-state index in [-0.39, 0.29) is 24.2 Å². The van der Waals surface area contributed by atoms with E-state index in [9.17, 15) is 9.59 Å². The van der Waals surface area contributed by atoms with Crippen molar-refractivity contribution in [3.05, 3.63) is 0 Å². The van der Waals surface area contributed by atoms with Crippen molar-refractivity contribution in [3.63, 3.8) is 0 Å². The predicted molar refractivity (Wildman–Crippen MR) is 61.7 cm³/mol. The van der Waals surface area contributed by atoms with Gasteiger partial charge in [0.05, 0.1) is 6.42 Å². The summed E-state index contributed by atoms with van der Waals surface area (Å²) in [5.41, 5.74) is 0. The lowest BCUT2D eigenvalue weighted by Crippen LogP contribution is -2.33. The number of carbonyl (C=O) groups excluding carboxylic acids is 2. The van der Waals surface area contributed by atoms with Gasteiger partial charge in [0, 0.05) is 6.04 Å². The molecule has 0 rings (SSSR count). The van der Waals surface area contributed by atoms with Crippen LogP contribution in [-0.4, -0.2) is 17.7 Å². The summed E-state index contributed by atoms with van der Waals surface area (Å²) < 4.78 is 0. The molecule has 0 aliphatic carbocycles. The molecule has 0 aromatic carbocycles. The van der Waals surface area contributed by atoms with Crippen molar-refractivity contribution < 1.29 is 9.59 Å². The largest absolute Gasteiger partial charge is 0.353 e. The molecule has 0 bridgehead atoms. The molecule has 0 radical (unpaired) electrons. The van der Waals surface area contributed by atoms with Gasteiger partial charge in [-0.1, -0.05) is 32.6 Å². The quantitative estimate of drug-likeness (QED) is 0.497. The van der Waals surface area contributed by atoms with Crippen LogP contribution in [0.2, 0.25) is 0 Å². The molecule has 3 heteroatoms. The van der Waals surface area contributed by atoms with Crippen LogP contribution >= 0.6 is 0 Å². The fraction of sp³-hybridized carbons (Fsp3) is 0.833. The van der Waals surface area contributed by atoms with E-state index in [0.717, 1.165) is 12.8 Å². The Morgan fingerprint density at radius 3 is 2.40 bits per heavy atom. The van der Waals surface area contributed by atoms with E-state index in [4.69, 9.17) is 0 Å². The molecule has 15 heavy (non-hydrogen) atoms. The molecule has 0 heterocycles. The second-order valence-electron chi connectivity index (χ2n) is 4.20. The molecule has 1 N–H and O–H groups in total. The van der Waals surface area contributed by atoms with Gasteiger partial charge in [0.15, 0.2) is 0 Å². The number of carbonyl (C=O) groups is 2. The lowest BCUT2D eigenvalue weighted by atomic mass is 10.1. The van der Waals surface area contributed by atoms with Gasteiger partial charge in [-0.25, -0.2) is 0 Å². The van der Waals surface area contributed by atoms with Crippen molar-refractivity contribution in [1.82, 2.24) is 5.32 Å². The highest BCUT2D eigenvalue weighted by molar-refractivity contribution is 5.96. The molecular weight excluding hydrogens is 190 g/mol. The molecule has 0 fully saturated rings. The standard InChI is InChI=1S/C12H23NO2/c1-4-5-6-7-8-10(2)13-12(15)9-11(3)14/h10H,4-9H2,1-3H3,(H,13,15). The highest BCUT2D eigenvalue weighted by Gasteiger charge is 2.08. The summed E-state index contributed by atoms with van der Waals surface area (Å²) >= 11 is 0. The SMILES string of the molecule is CCCCCCC(C)NC(=O)CC(C)=O. The maximum Gasteiger partial charge on any atom is 0.227 e. The van der Waals surface area contributed by atoms with Crippen LogP contribution in [0.15, 0.2) is 0 Å². The van der Waals surface area contributed by atoms with Crippen molar-refractivity contribution in [3.8, 4) is 0 Å². The number of Topliss-reactive ketones (excluding diaryl/α,β-unsaturated/α-hetero) is 1. The van der Waals surface area contributed by atoms with Crippen molar-refractivity contribution in [2.75, 3.05) is 0 Å². The van der Waals surface area contributed by atoms with Gasteiger partial charge in [0.2, 0.25) is 5.91 Å². The van der Waals surface area contributed by atoms with Gasteiger partial charge >= 0.3 is 0 Å². The fourth-order valence-electron chi connectivity index (χ4n) is 1.50. The number of ketones is 1. The summed E-state index contributed by atoms with van der Waals surface area (Å²) in [4.78, 5) is 21.9. The number of nitrogens with one attached hydrogen (secondary N) is 1. The second kappa shape index (κ2) is 8.45. The maximum atomic E-state index is 11.2. The average molecular weight is 213 g/mol. The zero-order valence-electron chi connectivity index (χ0n) is 10.1. The Labute approximate surface area is 92.6 Å². The second-order valence-corrected chi connectivity index (χ2v) is 4.20. The van der Waals surface area contributed by atoms with E-state index in [0.29, 0.717) is 0 Å². The van der Waals surface area contributed by atoms with E-state index in [1.807, 2.05) is 6.92 Å². The van der Waals surface area contributed by atoms with Gasteiger partial charge in [-0.05, 0) is 20.3 Å². The fourth-order valence-corrected chi connectivity index (χ4v) is 1.50. The number of hydrogen-bond acceptors (Lipinski definition) is 2. The highest BCUT2D eigenvalue weighted by atomic mass is 16.2. The molecule has 0 aromatic heterocycles. The first kappa shape index (κ1) is 14.1. The van der Waals surface area contributed by atoms with Gasteiger partial charge < -0.3 is 5.32 Å². The number of rotatable bonds is 8. The van der Waals surface area contributed by atoms with E-state index in [1.165, 1.54) is 26.2 Å². The smallest absolute Gasteiger partial charge is 0.227 e. The Bertz CT molecular complexity index is 202.